The summed E-state index contributed by atoms with van der Waals surface area (Å²) in [5.74, 6) is -0.519. The Labute approximate surface area is 123 Å². The number of rotatable bonds is 7. The van der Waals surface area contributed by atoms with Crippen molar-refractivity contribution in [3.05, 3.63) is 23.9 Å². The third-order valence-corrected chi connectivity index (χ3v) is 2.22. The van der Waals surface area contributed by atoms with E-state index in [0.717, 1.165) is 6.08 Å². The van der Waals surface area contributed by atoms with Gasteiger partial charge in [0, 0.05) is 25.9 Å². The Hall–Kier alpha value is -2.41. The van der Waals surface area contributed by atoms with Crippen LogP contribution in [0.4, 0.5) is 11.5 Å². The zero-order valence-electron chi connectivity index (χ0n) is 12.3. The Morgan fingerprint density at radius 1 is 1.48 bits per heavy atom. The number of aliphatic hydroxyl groups excluding tert-OH is 1. The van der Waals surface area contributed by atoms with E-state index in [1.54, 1.807) is 13.1 Å². The first-order valence-electron chi connectivity index (χ1n) is 6.53. The number of carboxylic acids is 1. The van der Waals surface area contributed by atoms with E-state index < -0.39 is 12.1 Å². The lowest BCUT2D eigenvalue weighted by Crippen LogP contribution is -2.21. The molecule has 4 N–H and O–H groups in total. The molecule has 0 fully saturated rings. The molecule has 0 aliphatic heterocycles. The van der Waals surface area contributed by atoms with Crippen LogP contribution in [0.5, 0.6) is 0 Å². The van der Waals surface area contributed by atoms with Crippen LogP contribution in [0.2, 0.25) is 0 Å². The number of hydrogen-bond acceptors (Lipinski definition) is 6. The van der Waals surface area contributed by atoms with Crippen molar-refractivity contribution in [1.82, 2.24) is 4.98 Å². The fourth-order valence-electron chi connectivity index (χ4n) is 1.34. The topological polar surface area (TPSA) is 112 Å². The first kappa shape index (κ1) is 18.6. The molecule has 0 amide bonds. The van der Waals surface area contributed by atoms with Crippen LogP contribution in [0.1, 0.15) is 19.4 Å². The number of anilines is 2. The molecule has 1 heterocycles. The van der Waals surface area contributed by atoms with Crippen molar-refractivity contribution in [1.29, 1.82) is 0 Å². The van der Waals surface area contributed by atoms with Crippen LogP contribution in [-0.4, -0.2) is 47.1 Å². The molecule has 0 aromatic carbocycles. The van der Waals surface area contributed by atoms with Gasteiger partial charge in [0.25, 0.3) is 0 Å². The molecule has 7 heteroatoms. The number of aldehydes is 1. The molecular weight excluding hydrogens is 274 g/mol. The summed E-state index contributed by atoms with van der Waals surface area (Å²) in [4.78, 5) is 24.8. The lowest BCUT2D eigenvalue weighted by atomic mass is 10.2. The molecular formula is C14H21N3O4. The molecule has 0 aliphatic carbocycles. The Kier molecular flexibility index (Phi) is 9.19. The van der Waals surface area contributed by atoms with Gasteiger partial charge in [-0.2, -0.15) is 0 Å². The summed E-state index contributed by atoms with van der Waals surface area (Å²) in [5, 5.41) is 23.4. The predicted octanol–water partition coefficient (Wildman–Crippen LogP) is 1.22. The van der Waals surface area contributed by atoms with E-state index in [-0.39, 0.29) is 6.54 Å². The van der Waals surface area contributed by atoms with E-state index in [1.165, 1.54) is 12.3 Å². The number of pyridine rings is 1. The maximum absolute atomic E-state index is 10.4. The molecule has 0 saturated carbocycles. The summed E-state index contributed by atoms with van der Waals surface area (Å²) < 4.78 is 0. The van der Waals surface area contributed by atoms with Crippen molar-refractivity contribution in [3.63, 3.8) is 0 Å². The molecule has 0 saturated heterocycles. The summed E-state index contributed by atoms with van der Waals surface area (Å²) in [6.07, 6.45) is 3.22. The average Bonchev–Trinajstić information content (AvgIpc) is 2.52. The summed E-state index contributed by atoms with van der Waals surface area (Å²) in [6.45, 7) is 4.05. The van der Waals surface area contributed by atoms with Crippen LogP contribution >= 0.6 is 0 Å². The molecule has 1 unspecified atom stereocenters. The minimum Gasteiger partial charge on any atom is -0.478 e. The lowest BCUT2D eigenvalue weighted by Gasteiger charge is -2.12. The number of aromatic nitrogens is 1. The molecule has 21 heavy (non-hydrogen) atoms. The molecule has 0 radical (unpaired) electrons. The fourth-order valence-corrected chi connectivity index (χ4v) is 1.34. The van der Waals surface area contributed by atoms with Gasteiger partial charge in [-0.05, 0) is 17.7 Å². The summed E-state index contributed by atoms with van der Waals surface area (Å²) in [6, 6.07) is 1.66. The Morgan fingerprint density at radius 2 is 2.14 bits per heavy atom. The first-order valence-corrected chi connectivity index (χ1v) is 6.53. The number of nitrogens with one attached hydrogen (secondary N) is 2. The van der Waals surface area contributed by atoms with E-state index in [4.69, 9.17) is 10.2 Å². The van der Waals surface area contributed by atoms with Gasteiger partial charge in [0.15, 0.2) is 0 Å². The van der Waals surface area contributed by atoms with Crippen LogP contribution in [0.15, 0.2) is 18.3 Å². The largest absolute Gasteiger partial charge is 0.478 e. The number of carboxylic acid groups (broad SMARTS) is 1. The van der Waals surface area contributed by atoms with E-state index in [1.807, 2.05) is 13.8 Å². The second kappa shape index (κ2) is 10.4. The highest BCUT2D eigenvalue weighted by Gasteiger charge is 2.06. The molecule has 0 bridgehead atoms. The van der Waals surface area contributed by atoms with Crippen LogP contribution in [0, 0.1) is 0 Å². The zero-order chi connectivity index (χ0) is 16.3. The third-order valence-electron chi connectivity index (χ3n) is 2.22. The number of nitrogens with zero attached hydrogens (tertiary/aromatic N) is 1. The van der Waals surface area contributed by atoms with Crippen molar-refractivity contribution in [2.75, 3.05) is 24.2 Å². The van der Waals surface area contributed by atoms with Gasteiger partial charge in [0.05, 0.1) is 5.69 Å². The average molecular weight is 295 g/mol. The van der Waals surface area contributed by atoms with Crippen LogP contribution < -0.4 is 10.6 Å². The third kappa shape index (κ3) is 7.07. The quantitative estimate of drug-likeness (QED) is 0.442. The number of aliphatic carboxylic acids is 1. The molecule has 1 rings (SSSR count). The second-order valence-corrected chi connectivity index (χ2v) is 3.67. The van der Waals surface area contributed by atoms with E-state index in [0.29, 0.717) is 23.4 Å². The van der Waals surface area contributed by atoms with Gasteiger partial charge >= 0.3 is 5.97 Å². The zero-order valence-corrected chi connectivity index (χ0v) is 12.3. The monoisotopic (exact) mass is 295 g/mol. The minimum absolute atomic E-state index is 0.0476. The molecule has 116 valence electrons. The van der Waals surface area contributed by atoms with Gasteiger partial charge in [-0.25, -0.2) is 9.78 Å². The molecule has 1 aromatic heterocycles. The summed E-state index contributed by atoms with van der Waals surface area (Å²) in [5.41, 5.74) is 1.15. The molecule has 0 aliphatic rings. The Balaban J connectivity index is 0.00000191. The summed E-state index contributed by atoms with van der Waals surface area (Å²) >= 11 is 0. The molecule has 1 atom stereocenters. The number of carbonyl (C=O) groups excluding carboxylic acids is 1. The Bertz CT molecular complexity index is 489. The normalized spacial score (nSPS) is 11.2. The van der Waals surface area contributed by atoms with Gasteiger partial charge in [0.1, 0.15) is 18.2 Å². The van der Waals surface area contributed by atoms with Gasteiger partial charge < -0.3 is 25.6 Å². The SMILES string of the molecule is CC.CNc1ncc(/C=C/C(=O)O)cc1NCC(O)C=O. The summed E-state index contributed by atoms with van der Waals surface area (Å²) in [7, 11) is 1.68. The fraction of sp³-hybridized carbons (Fsp3) is 0.357. The van der Waals surface area contributed by atoms with Gasteiger partial charge in [-0.15, -0.1) is 0 Å². The highest BCUT2D eigenvalue weighted by Crippen LogP contribution is 2.20. The number of aliphatic hydroxyl groups is 1. The van der Waals surface area contributed by atoms with Crippen molar-refractivity contribution >= 4 is 29.8 Å². The lowest BCUT2D eigenvalue weighted by molar-refractivity contribution is -0.131. The van der Waals surface area contributed by atoms with Crippen LogP contribution in [0.3, 0.4) is 0 Å². The van der Waals surface area contributed by atoms with Crippen LogP contribution in [-0.2, 0) is 9.59 Å². The smallest absolute Gasteiger partial charge is 0.328 e. The van der Waals surface area contributed by atoms with Crippen molar-refractivity contribution in [2.45, 2.75) is 20.0 Å². The van der Waals surface area contributed by atoms with Crippen LogP contribution in [0.25, 0.3) is 6.08 Å². The van der Waals surface area contributed by atoms with Crippen molar-refractivity contribution < 1.29 is 19.8 Å². The van der Waals surface area contributed by atoms with Gasteiger partial charge in [-0.3, -0.25) is 0 Å². The molecule has 7 nitrogen and oxygen atoms in total. The maximum Gasteiger partial charge on any atom is 0.328 e. The van der Waals surface area contributed by atoms with Crippen molar-refractivity contribution in [2.24, 2.45) is 0 Å². The standard InChI is InChI=1S/C12H15N3O4.C2H6/c1-13-12-10(14-6-9(17)7-16)4-8(5-15-12)2-3-11(18)19;1-2/h2-5,7,9,14,17H,6H2,1H3,(H,13,15)(H,18,19);1-2H3/b3-2+;. The highest BCUT2D eigenvalue weighted by atomic mass is 16.4. The molecule has 1 aromatic rings. The van der Waals surface area contributed by atoms with Gasteiger partial charge in [0.2, 0.25) is 0 Å². The van der Waals surface area contributed by atoms with E-state index >= 15 is 0 Å². The first-order chi connectivity index (χ1) is 10.1. The van der Waals surface area contributed by atoms with Crippen molar-refractivity contribution in [3.8, 4) is 0 Å². The Morgan fingerprint density at radius 3 is 2.67 bits per heavy atom. The number of hydrogen-bond donors (Lipinski definition) is 4. The van der Waals surface area contributed by atoms with Gasteiger partial charge in [-0.1, -0.05) is 13.8 Å². The molecule has 0 spiro atoms. The van der Waals surface area contributed by atoms with E-state index in [2.05, 4.69) is 15.6 Å². The minimum atomic E-state index is -1.11. The second-order valence-electron chi connectivity index (χ2n) is 3.67. The van der Waals surface area contributed by atoms with E-state index in [9.17, 15) is 9.59 Å². The number of carbonyl (C=O) groups is 2. The highest BCUT2D eigenvalue weighted by molar-refractivity contribution is 5.85. The predicted molar refractivity (Wildman–Crippen MR) is 82.4 cm³/mol. The maximum atomic E-state index is 10.4.